The summed E-state index contributed by atoms with van der Waals surface area (Å²) in [5.41, 5.74) is 1.08. The third-order valence-electron chi connectivity index (χ3n) is 4.58. The van der Waals surface area contributed by atoms with Crippen LogP contribution >= 0.6 is 23.4 Å². The Bertz CT molecular complexity index is 866. The lowest BCUT2D eigenvalue weighted by Crippen LogP contribution is -2.23. The predicted molar refractivity (Wildman–Crippen MR) is 96.0 cm³/mol. The van der Waals surface area contributed by atoms with Gasteiger partial charge in [0, 0.05) is 5.03 Å². The largest absolute Gasteiger partial charge is 0.354 e. The fourth-order valence-corrected chi connectivity index (χ4v) is 4.05. The zero-order valence-corrected chi connectivity index (χ0v) is 15.2. The topological polar surface area (TPSA) is 43.2 Å². The van der Waals surface area contributed by atoms with Crippen LogP contribution in [-0.4, -0.2) is 27.1 Å². The molecule has 0 N–H and O–H groups in total. The lowest BCUT2D eigenvalue weighted by atomic mass is 9.89. The monoisotopic (exact) mass is 377 g/mol. The van der Waals surface area contributed by atoms with Crippen molar-refractivity contribution in [2.45, 2.75) is 36.2 Å². The van der Waals surface area contributed by atoms with Gasteiger partial charge in [-0.2, -0.15) is 5.10 Å². The van der Waals surface area contributed by atoms with E-state index >= 15 is 0 Å². The average molecular weight is 378 g/mol. The molecule has 2 heterocycles. The van der Waals surface area contributed by atoms with Gasteiger partial charge >= 0.3 is 0 Å². The molecule has 2 aliphatic rings. The molecule has 0 amide bonds. The minimum Gasteiger partial charge on any atom is -0.354 e. The second-order valence-electron chi connectivity index (χ2n) is 6.10. The van der Waals surface area contributed by atoms with Crippen molar-refractivity contribution in [1.82, 2.24) is 14.8 Å². The third-order valence-corrected chi connectivity index (χ3v) is 5.67. The summed E-state index contributed by atoms with van der Waals surface area (Å²) in [5, 5.41) is 5.91. The van der Waals surface area contributed by atoms with Crippen LogP contribution in [0.5, 0.6) is 0 Å². The van der Waals surface area contributed by atoms with Crippen LogP contribution in [0.1, 0.15) is 18.4 Å². The van der Waals surface area contributed by atoms with E-state index < -0.39 is 5.60 Å². The Kier molecular flexibility index (Phi) is 4.43. The van der Waals surface area contributed by atoms with Gasteiger partial charge in [-0.05, 0) is 42.4 Å². The summed E-state index contributed by atoms with van der Waals surface area (Å²) in [5.74, 6) is -0.283. The predicted octanol–water partition coefficient (Wildman–Crippen LogP) is 4.28. The van der Waals surface area contributed by atoms with Crippen molar-refractivity contribution < 1.29 is 9.13 Å². The molecular formula is C18H17ClFN3OS. The molecule has 0 spiro atoms. The Morgan fingerprint density at radius 1 is 1.48 bits per heavy atom. The summed E-state index contributed by atoms with van der Waals surface area (Å²) >= 11 is 7.95. The fraction of sp³-hybridized carbons (Fsp3) is 0.333. The molecule has 4 rings (SSSR count). The van der Waals surface area contributed by atoms with Crippen molar-refractivity contribution in [3.63, 3.8) is 0 Å². The molecule has 2 atom stereocenters. The van der Waals surface area contributed by atoms with E-state index in [-0.39, 0.29) is 11.9 Å². The molecule has 0 saturated carbocycles. The molecule has 25 heavy (non-hydrogen) atoms. The van der Waals surface area contributed by atoms with Crippen molar-refractivity contribution in [2.75, 3.05) is 6.26 Å². The molecule has 0 bridgehead atoms. The number of hydrogen-bond acceptors (Lipinski definition) is 4. The van der Waals surface area contributed by atoms with Crippen LogP contribution in [0.4, 0.5) is 4.39 Å². The highest BCUT2D eigenvalue weighted by Crippen LogP contribution is 2.53. The Labute approximate surface area is 154 Å². The number of epoxide rings is 1. The number of benzene rings is 1. The number of aromatic nitrogens is 3. The lowest BCUT2D eigenvalue weighted by Gasteiger charge is -2.17. The van der Waals surface area contributed by atoms with E-state index in [0.717, 1.165) is 34.2 Å². The third kappa shape index (κ3) is 3.03. The first-order valence-electron chi connectivity index (χ1n) is 8.05. The van der Waals surface area contributed by atoms with E-state index in [2.05, 4.69) is 16.2 Å². The number of allylic oxidation sites excluding steroid dienone is 2. The highest BCUT2D eigenvalue weighted by atomic mass is 35.5. The Balaban J connectivity index is 1.74. The number of thioether (sulfide) groups is 1. The molecule has 1 aromatic carbocycles. The Hall–Kier alpha value is -1.63. The molecule has 1 aromatic heterocycles. The number of hydrogen-bond donors (Lipinski definition) is 0. The minimum absolute atomic E-state index is 0.211. The van der Waals surface area contributed by atoms with Gasteiger partial charge in [-0.15, -0.1) is 0 Å². The highest BCUT2D eigenvalue weighted by molar-refractivity contribution is 7.98. The number of rotatable bonds is 5. The summed E-state index contributed by atoms with van der Waals surface area (Å²) < 4.78 is 21.8. The number of halogens is 2. The van der Waals surface area contributed by atoms with E-state index in [0.29, 0.717) is 6.54 Å². The summed E-state index contributed by atoms with van der Waals surface area (Å²) in [6, 6.07) is 6.55. The van der Waals surface area contributed by atoms with E-state index in [1.54, 1.807) is 10.7 Å². The van der Waals surface area contributed by atoms with Crippen molar-refractivity contribution in [3.05, 3.63) is 64.7 Å². The second-order valence-corrected chi connectivity index (χ2v) is 7.33. The molecule has 2 aromatic rings. The van der Waals surface area contributed by atoms with Gasteiger partial charge in [0.25, 0.3) is 0 Å². The van der Waals surface area contributed by atoms with E-state index in [9.17, 15) is 4.39 Å². The van der Waals surface area contributed by atoms with Crippen LogP contribution < -0.4 is 0 Å². The number of ether oxygens (including phenoxy) is 1. The molecule has 7 heteroatoms. The zero-order chi connectivity index (χ0) is 17.4. The molecule has 2 unspecified atom stereocenters. The van der Waals surface area contributed by atoms with E-state index in [1.165, 1.54) is 30.2 Å². The van der Waals surface area contributed by atoms with Gasteiger partial charge in [0.2, 0.25) is 0 Å². The summed E-state index contributed by atoms with van der Waals surface area (Å²) in [6.45, 7) is 0.457. The Morgan fingerprint density at radius 3 is 3.12 bits per heavy atom. The van der Waals surface area contributed by atoms with Crippen LogP contribution in [0, 0.1) is 5.82 Å². The summed E-state index contributed by atoms with van der Waals surface area (Å²) in [7, 11) is 0. The van der Waals surface area contributed by atoms with Crippen LogP contribution in [0.15, 0.2) is 58.5 Å². The molecule has 0 radical (unpaired) electrons. The molecule has 4 nitrogen and oxygen atoms in total. The molecular weight excluding hydrogens is 361 g/mol. The van der Waals surface area contributed by atoms with E-state index in [1.807, 2.05) is 18.4 Å². The standard InChI is InChI=1S/C18H17ClFN3OS/c1-25-17-21-11-22-23(17)10-18(12-5-4-6-13(20)9-12)16(24-18)14-7-2-3-8-15(14)19/h2,4-7,9,11,16H,3,8,10H2,1H3. The first kappa shape index (κ1) is 16.8. The molecule has 1 aliphatic carbocycles. The molecule has 1 saturated heterocycles. The van der Waals surface area contributed by atoms with Crippen LogP contribution in [0.2, 0.25) is 0 Å². The normalized spacial score (nSPS) is 25.5. The SMILES string of the molecule is CSc1ncnn1CC1(c2cccc(F)c2)OC1C1=C(Cl)CCC=C1. The number of nitrogens with zero attached hydrogens (tertiary/aromatic N) is 3. The van der Waals surface area contributed by atoms with Crippen molar-refractivity contribution >= 4 is 23.4 Å². The average Bonchev–Trinajstić information content (AvgIpc) is 3.16. The second kappa shape index (κ2) is 6.59. The quantitative estimate of drug-likeness (QED) is 0.576. The summed E-state index contributed by atoms with van der Waals surface area (Å²) in [6.07, 6.45) is 9.13. The van der Waals surface area contributed by atoms with E-state index in [4.69, 9.17) is 16.3 Å². The first-order valence-corrected chi connectivity index (χ1v) is 9.65. The van der Waals surface area contributed by atoms with Gasteiger partial charge in [0.1, 0.15) is 23.8 Å². The van der Waals surface area contributed by atoms with Crippen LogP contribution in [0.3, 0.4) is 0 Å². The van der Waals surface area contributed by atoms with Gasteiger partial charge in [-0.1, -0.05) is 47.6 Å². The van der Waals surface area contributed by atoms with Crippen molar-refractivity contribution in [1.29, 1.82) is 0 Å². The molecule has 130 valence electrons. The smallest absolute Gasteiger partial charge is 0.185 e. The van der Waals surface area contributed by atoms with Gasteiger partial charge in [0.15, 0.2) is 5.16 Å². The van der Waals surface area contributed by atoms with Gasteiger partial charge in [-0.25, -0.2) is 14.1 Å². The highest BCUT2D eigenvalue weighted by Gasteiger charge is 2.60. The molecule has 1 fully saturated rings. The van der Waals surface area contributed by atoms with Gasteiger partial charge in [0.05, 0.1) is 6.54 Å². The van der Waals surface area contributed by atoms with Crippen LogP contribution in [-0.2, 0) is 16.9 Å². The van der Waals surface area contributed by atoms with Crippen molar-refractivity contribution in [2.24, 2.45) is 0 Å². The Morgan fingerprint density at radius 2 is 2.36 bits per heavy atom. The maximum absolute atomic E-state index is 13.8. The van der Waals surface area contributed by atoms with Gasteiger partial charge < -0.3 is 4.74 Å². The first-order chi connectivity index (χ1) is 12.1. The fourth-order valence-electron chi connectivity index (χ4n) is 3.30. The maximum Gasteiger partial charge on any atom is 0.185 e. The molecule has 1 aliphatic heterocycles. The van der Waals surface area contributed by atoms with Crippen LogP contribution in [0.25, 0.3) is 0 Å². The zero-order valence-electron chi connectivity index (χ0n) is 13.7. The van der Waals surface area contributed by atoms with Gasteiger partial charge in [-0.3, -0.25) is 0 Å². The maximum atomic E-state index is 13.8. The minimum atomic E-state index is -0.683. The summed E-state index contributed by atoms with van der Waals surface area (Å²) in [4.78, 5) is 4.24. The lowest BCUT2D eigenvalue weighted by molar-refractivity contribution is 0.258. The van der Waals surface area contributed by atoms with Crippen molar-refractivity contribution in [3.8, 4) is 0 Å².